The van der Waals surface area contributed by atoms with Gasteiger partial charge in [0.15, 0.2) is 0 Å². The van der Waals surface area contributed by atoms with Crippen LogP contribution in [0.15, 0.2) is 24.3 Å². The topological polar surface area (TPSA) is 80.7 Å². The second-order valence-corrected chi connectivity index (χ2v) is 9.37. The summed E-state index contributed by atoms with van der Waals surface area (Å²) in [4.78, 5) is 36.3. The molecule has 0 aliphatic rings. The van der Waals surface area contributed by atoms with Crippen LogP contribution in [-0.4, -0.2) is 29.4 Å². The molecule has 30 heavy (non-hydrogen) atoms. The number of carboxylic acid groups (broad SMARTS) is 1. The molecule has 0 saturated heterocycles. The molecule has 3 atom stereocenters. The Labute approximate surface area is 181 Å². The van der Waals surface area contributed by atoms with E-state index in [-0.39, 0.29) is 40.5 Å². The minimum absolute atomic E-state index is 0.0794. The van der Waals surface area contributed by atoms with E-state index in [2.05, 4.69) is 20.8 Å². The van der Waals surface area contributed by atoms with E-state index < -0.39 is 5.97 Å². The fraction of sp³-hybridized carbons (Fsp3) is 0.640. The van der Waals surface area contributed by atoms with E-state index in [4.69, 9.17) is 9.84 Å². The molecule has 0 aliphatic heterocycles. The number of ether oxygens (including phenoxy) is 1. The number of rotatable bonds is 12. The van der Waals surface area contributed by atoms with Gasteiger partial charge in [0.05, 0.1) is 18.1 Å². The van der Waals surface area contributed by atoms with Gasteiger partial charge in [0.2, 0.25) is 0 Å². The van der Waals surface area contributed by atoms with Crippen molar-refractivity contribution in [2.24, 2.45) is 17.3 Å². The molecule has 5 heteroatoms. The molecule has 0 bridgehead atoms. The zero-order valence-electron chi connectivity index (χ0n) is 19.4. The van der Waals surface area contributed by atoms with Crippen molar-refractivity contribution in [1.29, 1.82) is 0 Å². The first-order chi connectivity index (χ1) is 14.0. The smallest absolute Gasteiger partial charge is 0.335 e. The number of carboxylic acids is 1. The molecule has 0 spiro atoms. The molecule has 0 aliphatic carbocycles. The third kappa shape index (κ3) is 8.29. The summed E-state index contributed by atoms with van der Waals surface area (Å²) in [5.41, 5.74) is 1.15. The van der Waals surface area contributed by atoms with Crippen LogP contribution in [0.2, 0.25) is 0 Å². The molecule has 0 amide bonds. The van der Waals surface area contributed by atoms with Gasteiger partial charge in [-0.05, 0) is 55.2 Å². The third-order valence-electron chi connectivity index (χ3n) is 5.47. The van der Waals surface area contributed by atoms with Crippen molar-refractivity contribution in [2.45, 2.75) is 79.6 Å². The van der Waals surface area contributed by atoms with Gasteiger partial charge in [-0.3, -0.25) is 9.59 Å². The predicted octanol–water partition coefficient (Wildman–Crippen LogP) is 5.87. The van der Waals surface area contributed by atoms with Gasteiger partial charge >= 0.3 is 11.9 Å². The van der Waals surface area contributed by atoms with Gasteiger partial charge in [0, 0.05) is 11.8 Å². The molecule has 0 heterocycles. The van der Waals surface area contributed by atoms with Crippen molar-refractivity contribution < 1.29 is 24.2 Å². The summed E-state index contributed by atoms with van der Waals surface area (Å²) < 4.78 is 5.43. The second kappa shape index (κ2) is 11.9. The number of hydrogen-bond acceptors (Lipinski definition) is 4. The molecule has 1 aromatic carbocycles. The van der Waals surface area contributed by atoms with Gasteiger partial charge in [0.25, 0.3) is 0 Å². The Morgan fingerprint density at radius 2 is 1.63 bits per heavy atom. The number of Topliss-reactive ketones (excluding diaryl/α,β-unsaturated/α-hetero) is 1. The van der Waals surface area contributed by atoms with E-state index in [1.807, 2.05) is 20.8 Å². The fourth-order valence-corrected chi connectivity index (χ4v) is 3.94. The number of carbonyl (C=O) groups excluding carboxylic acids is 2. The molecule has 0 fully saturated rings. The van der Waals surface area contributed by atoms with Crippen molar-refractivity contribution in [2.75, 3.05) is 6.61 Å². The first kappa shape index (κ1) is 25.9. The molecule has 3 unspecified atom stereocenters. The number of ketones is 1. The maximum absolute atomic E-state index is 13.1. The van der Waals surface area contributed by atoms with Crippen molar-refractivity contribution in [1.82, 2.24) is 0 Å². The number of benzene rings is 1. The molecule has 1 N–H and O–H groups in total. The lowest BCUT2D eigenvalue weighted by Crippen LogP contribution is -2.23. The van der Waals surface area contributed by atoms with E-state index in [1.54, 1.807) is 24.3 Å². The molecule has 1 aromatic rings. The maximum Gasteiger partial charge on any atom is 0.335 e. The lowest BCUT2D eigenvalue weighted by molar-refractivity contribution is -0.149. The van der Waals surface area contributed by atoms with Crippen LogP contribution in [0.3, 0.4) is 0 Å². The standard InChI is InChI=1S/C25H38O5/c1-7-18(10-9-15-30-24(29)17(3)16-25(4,5)6)22(26)21(8-2)19-11-13-20(14-12-19)23(27)28/h11-14,17-18,21H,7-10,15-16H2,1-6H3,(H,27,28). The van der Waals surface area contributed by atoms with Crippen LogP contribution >= 0.6 is 0 Å². The highest BCUT2D eigenvalue weighted by Gasteiger charge is 2.26. The Morgan fingerprint density at radius 1 is 1.03 bits per heavy atom. The Kier molecular flexibility index (Phi) is 10.2. The Balaban J connectivity index is 2.60. The highest BCUT2D eigenvalue weighted by Crippen LogP contribution is 2.28. The minimum atomic E-state index is -0.973. The van der Waals surface area contributed by atoms with Crippen LogP contribution in [0.25, 0.3) is 0 Å². The van der Waals surface area contributed by atoms with Crippen LogP contribution < -0.4 is 0 Å². The summed E-state index contributed by atoms with van der Waals surface area (Å²) >= 11 is 0. The van der Waals surface area contributed by atoms with Crippen LogP contribution in [0.1, 0.15) is 95.5 Å². The molecular weight excluding hydrogens is 380 g/mol. The number of aromatic carboxylic acids is 1. The van der Waals surface area contributed by atoms with E-state index in [0.29, 0.717) is 25.9 Å². The SMILES string of the molecule is CCC(CCCOC(=O)C(C)CC(C)(C)C)C(=O)C(CC)c1ccc(C(=O)O)cc1. The van der Waals surface area contributed by atoms with E-state index >= 15 is 0 Å². The summed E-state index contributed by atoms with van der Waals surface area (Å²) in [6.45, 7) is 12.5. The summed E-state index contributed by atoms with van der Waals surface area (Å²) in [7, 11) is 0. The summed E-state index contributed by atoms with van der Waals surface area (Å²) in [6, 6.07) is 6.57. The van der Waals surface area contributed by atoms with Gasteiger partial charge in [-0.1, -0.05) is 53.7 Å². The lowest BCUT2D eigenvalue weighted by Gasteiger charge is -2.23. The van der Waals surface area contributed by atoms with E-state index in [1.165, 1.54) is 0 Å². The van der Waals surface area contributed by atoms with Gasteiger partial charge in [0.1, 0.15) is 5.78 Å². The van der Waals surface area contributed by atoms with E-state index in [0.717, 1.165) is 18.4 Å². The first-order valence-corrected chi connectivity index (χ1v) is 11.0. The third-order valence-corrected chi connectivity index (χ3v) is 5.47. The van der Waals surface area contributed by atoms with Crippen molar-refractivity contribution in [3.8, 4) is 0 Å². The quantitative estimate of drug-likeness (QED) is 0.339. The largest absolute Gasteiger partial charge is 0.478 e. The molecule has 0 saturated carbocycles. The zero-order valence-corrected chi connectivity index (χ0v) is 19.4. The van der Waals surface area contributed by atoms with E-state index in [9.17, 15) is 14.4 Å². The first-order valence-electron chi connectivity index (χ1n) is 11.0. The summed E-state index contributed by atoms with van der Waals surface area (Å²) in [5, 5.41) is 9.05. The number of hydrogen-bond donors (Lipinski definition) is 1. The van der Waals surface area contributed by atoms with Crippen molar-refractivity contribution >= 4 is 17.7 Å². The highest BCUT2D eigenvalue weighted by atomic mass is 16.5. The molecule has 0 aromatic heterocycles. The minimum Gasteiger partial charge on any atom is -0.478 e. The monoisotopic (exact) mass is 418 g/mol. The van der Waals surface area contributed by atoms with Crippen molar-refractivity contribution in [3.63, 3.8) is 0 Å². The number of carbonyl (C=O) groups is 3. The fourth-order valence-electron chi connectivity index (χ4n) is 3.94. The van der Waals surface area contributed by atoms with Crippen LogP contribution in [0.4, 0.5) is 0 Å². The lowest BCUT2D eigenvalue weighted by atomic mass is 9.82. The maximum atomic E-state index is 13.1. The Bertz CT molecular complexity index is 699. The van der Waals surface area contributed by atoms with Gasteiger partial charge in [-0.25, -0.2) is 4.79 Å². The molecule has 168 valence electrons. The Hall–Kier alpha value is -2.17. The summed E-state index contributed by atoms with van der Waals surface area (Å²) in [5.74, 6) is -1.44. The second-order valence-electron chi connectivity index (χ2n) is 9.37. The van der Waals surface area contributed by atoms with Gasteiger partial charge in [-0.2, -0.15) is 0 Å². The van der Waals surface area contributed by atoms with Crippen LogP contribution in [0.5, 0.6) is 0 Å². The molecule has 5 nitrogen and oxygen atoms in total. The number of esters is 1. The van der Waals surface area contributed by atoms with Crippen LogP contribution in [0, 0.1) is 17.3 Å². The molecule has 0 radical (unpaired) electrons. The van der Waals surface area contributed by atoms with Crippen molar-refractivity contribution in [3.05, 3.63) is 35.4 Å². The normalized spacial score (nSPS) is 14.6. The average Bonchev–Trinajstić information content (AvgIpc) is 2.67. The van der Waals surface area contributed by atoms with Gasteiger partial charge in [-0.15, -0.1) is 0 Å². The molecular formula is C25H38O5. The van der Waals surface area contributed by atoms with Gasteiger partial charge < -0.3 is 9.84 Å². The predicted molar refractivity (Wildman–Crippen MR) is 119 cm³/mol. The Morgan fingerprint density at radius 3 is 2.10 bits per heavy atom. The average molecular weight is 419 g/mol. The zero-order chi connectivity index (χ0) is 22.9. The van der Waals surface area contributed by atoms with Crippen LogP contribution in [-0.2, 0) is 14.3 Å². The summed E-state index contributed by atoms with van der Waals surface area (Å²) in [6.07, 6.45) is 3.52. The molecule has 1 rings (SSSR count). The highest BCUT2D eigenvalue weighted by molar-refractivity contribution is 5.89.